The molecule has 0 aliphatic carbocycles. The summed E-state index contributed by atoms with van der Waals surface area (Å²) >= 11 is 0. The Kier molecular flexibility index (Phi) is 4.59. The van der Waals surface area contributed by atoms with Gasteiger partial charge in [-0.3, -0.25) is 4.79 Å². The Morgan fingerprint density at radius 1 is 1.08 bits per heavy atom. The maximum atomic E-state index is 12.8. The van der Waals surface area contributed by atoms with E-state index in [-0.39, 0.29) is 24.5 Å². The molecular formula is C17H26N6O2. The zero-order chi connectivity index (χ0) is 17.2. The minimum Gasteiger partial charge on any atom is -0.338 e. The molecule has 1 aromatic heterocycles. The predicted molar refractivity (Wildman–Crippen MR) is 90.9 cm³/mol. The van der Waals surface area contributed by atoms with Crippen molar-refractivity contribution in [3.63, 3.8) is 0 Å². The molecule has 3 amide bonds. The van der Waals surface area contributed by atoms with Crippen molar-refractivity contribution in [2.24, 2.45) is 0 Å². The fraction of sp³-hybridized carbons (Fsp3) is 0.765. The smallest absolute Gasteiger partial charge is 0.317 e. The van der Waals surface area contributed by atoms with Gasteiger partial charge in [0.05, 0.1) is 6.04 Å². The van der Waals surface area contributed by atoms with Crippen molar-refractivity contribution in [1.82, 2.24) is 29.9 Å². The van der Waals surface area contributed by atoms with E-state index in [4.69, 9.17) is 0 Å². The van der Waals surface area contributed by atoms with Crippen molar-refractivity contribution in [2.75, 3.05) is 26.2 Å². The van der Waals surface area contributed by atoms with E-state index in [1.807, 2.05) is 4.90 Å². The summed E-state index contributed by atoms with van der Waals surface area (Å²) in [5, 5.41) is 11.6. The van der Waals surface area contributed by atoms with E-state index >= 15 is 0 Å². The molecule has 0 radical (unpaired) electrons. The van der Waals surface area contributed by atoms with Crippen LogP contribution in [0.15, 0.2) is 0 Å². The van der Waals surface area contributed by atoms with E-state index in [1.165, 1.54) is 6.42 Å². The second-order valence-electron chi connectivity index (χ2n) is 7.19. The zero-order valence-electron chi connectivity index (χ0n) is 14.6. The molecule has 3 aliphatic rings. The van der Waals surface area contributed by atoms with Gasteiger partial charge in [-0.2, -0.15) is 0 Å². The fourth-order valence-electron chi connectivity index (χ4n) is 4.17. The van der Waals surface area contributed by atoms with Crippen molar-refractivity contribution in [2.45, 2.75) is 57.5 Å². The van der Waals surface area contributed by atoms with Gasteiger partial charge < -0.3 is 19.7 Å². The van der Waals surface area contributed by atoms with Gasteiger partial charge in [0.25, 0.3) is 0 Å². The van der Waals surface area contributed by atoms with Crippen LogP contribution in [-0.2, 0) is 17.8 Å². The number of carbonyl (C=O) groups excluding carboxylic acids is 2. The number of aryl methyl sites for hydroxylation is 1. The molecular weight excluding hydrogens is 320 g/mol. The third-order valence-corrected chi connectivity index (χ3v) is 5.50. The van der Waals surface area contributed by atoms with Crippen LogP contribution in [0.5, 0.6) is 0 Å². The van der Waals surface area contributed by atoms with Crippen molar-refractivity contribution in [3.8, 4) is 0 Å². The highest BCUT2D eigenvalue weighted by atomic mass is 16.2. The highest BCUT2D eigenvalue weighted by molar-refractivity contribution is 5.84. The summed E-state index contributed by atoms with van der Waals surface area (Å²) in [7, 11) is 0. The van der Waals surface area contributed by atoms with E-state index in [1.54, 1.807) is 4.90 Å². The number of urea groups is 1. The standard InChI is InChI=1S/C17H26N6O2/c24-15(12-21-9-5-8-18-17(21)25)22-11-4-6-13(22)16-20-19-14-7-2-1-3-10-23(14)16/h13H,1-12H2,(H,18,25)/t13-/m1/s1. The highest BCUT2D eigenvalue weighted by Crippen LogP contribution is 2.32. The van der Waals surface area contributed by atoms with Crippen LogP contribution in [0.2, 0.25) is 0 Å². The molecule has 0 aromatic carbocycles. The first-order valence-electron chi connectivity index (χ1n) is 9.48. The van der Waals surface area contributed by atoms with Gasteiger partial charge in [0, 0.05) is 32.6 Å². The maximum absolute atomic E-state index is 12.8. The van der Waals surface area contributed by atoms with E-state index < -0.39 is 0 Å². The van der Waals surface area contributed by atoms with Gasteiger partial charge in [-0.05, 0) is 32.1 Å². The first-order chi connectivity index (χ1) is 12.2. The van der Waals surface area contributed by atoms with Crippen molar-refractivity contribution in [1.29, 1.82) is 0 Å². The van der Waals surface area contributed by atoms with Crippen LogP contribution in [0.1, 0.15) is 56.2 Å². The highest BCUT2D eigenvalue weighted by Gasteiger charge is 2.35. The number of amides is 3. The molecule has 0 spiro atoms. The predicted octanol–water partition coefficient (Wildman–Crippen LogP) is 1.08. The molecule has 3 aliphatic heterocycles. The van der Waals surface area contributed by atoms with E-state index in [2.05, 4.69) is 20.1 Å². The lowest BCUT2D eigenvalue weighted by Gasteiger charge is -2.30. The van der Waals surface area contributed by atoms with Crippen molar-refractivity contribution in [3.05, 3.63) is 11.6 Å². The second kappa shape index (κ2) is 7.01. The van der Waals surface area contributed by atoms with Gasteiger partial charge in [0.2, 0.25) is 5.91 Å². The Morgan fingerprint density at radius 3 is 2.88 bits per heavy atom. The monoisotopic (exact) mass is 346 g/mol. The molecule has 2 saturated heterocycles. The molecule has 0 unspecified atom stereocenters. The van der Waals surface area contributed by atoms with Gasteiger partial charge in [0.15, 0.2) is 5.82 Å². The van der Waals surface area contributed by atoms with Gasteiger partial charge >= 0.3 is 6.03 Å². The topological polar surface area (TPSA) is 83.4 Å². The number of hydrogen-bond donors (Lipinski definition) is 1. The Morgan fingerprint density at radius 2 is 2.00 bits per heavy atom. The lowest BCUT2D eigenvalue weighted by molar-refractivity contribution is -0.133. The Bertz CT molecular complexity index is 658. The quantitative estimate of drug-likeness (QED) is 0.888. The molecule has 8 nitrogen and oxygen atoms in total. The number of likely N-dealkylation sites (tertiary alicyclic amines) is 1. The van der Waals surface area contributed by atoms with Crippen LogP contribution >= 0.6 is 0 Å². The Labute approximate surface area is 147 Å². The van der Waals surface area contributed by atoms with E-state index in [9.17, 15) is 9.59 Å². The molecule has 4 heterocycles. The van der Waals surface area contributed by atoms with Crippen LogP contribution in [0.25, 0.3) is 0 Å². The van der Waals surface area contributed by atoms with Gasteiger partial charge in [-0.25, -0.2) is 4.79 Å². The number of nitrogens with zero attached hydrogens (tertiary/aromatic N) is 5. The van der Waals surface area contributed by atoms with Crippen molar-refractivity contribution >= 4 is 11.9 Å². The van der Waals surface area contributed by atoms with Gasteiger partial charge in [0.1, 0.15) is 12.4 Å². The largest absolute Gasteiger partial charge is 0.338 e. The van der Waals surface area contributed by atoms with Crippen LogP contribution in [0.3, 0.4) is 0 Å². The van der Waals surface area contributed by atoms with Crippen LogP contribution < -0.4 is 5.32 Å². The summed E-state index contributed by atoms with van der Waals surface area (Å²) in [6, 6.07) is -0.133. The minimum absolute atomic E-state index is 0.000276. The fourth-order valence-corrected chi connectivity index (χ4v) is 4.17. The number of fused-ring (bicyclic) bond motifs is 1. The average molecular weight is 346 g/mol. The number of nitrogens with one attached hydrogen (secondary N) is 1. The number of rotatable bonds is 3. The van der Waals surface area contributed by atoms with Crippen LogP contribution in [-0.4, -0.2) is 62.7 Å². The molecule has 0 bridgehead atoms. The molecule has 4 rings (SSSR count). The summed E-state index contributed by atoms with van der Waals surface area (Å²) in [6.45, 7) is 3.19. The molecule has 1 N–H and O–H groups in total. The Hall–Kier alpha value is -2.12. The second-order valence-corrected chi connectivity index (χ2v) is 7.19. The lowest BCUT2D eigenvalue weighted by atomic mass is 10.2. The number of aromatic nitrogens is 3. The van der Waals surface area contributed by atoms with Crippen LogP contribution in [0, 0.1) is 0 Å². The summed E-state index contributed by atoms with van der Waals surface area (Å²) in [5.41, 5.74) is 0. The summed E-state index contributed by atoms with van der Waals surface area (Å²) in [4.78, 5) is 28.3. The first-order valence-corrected chi connectivity index (χ1v) is 9.48. The molecule has 136 valence electrons. The number of hydrogen-bond acceptors (Lipinski definition) is 4. The van der Waals surface area contributed by atoms with Crippen molar-refractivity contribution < 1.29 is 9.59 Å². The maximum Gasteiger partial charge on any atom is 0.317 e. The summed E-state index contributed by atoms with van der Waals surface area (Å²) in [5.74, 6) is 2.01. The molecule has 2 fully saturated rings. The van der Waals surface area contributed by atoms with E-state index in [0.717, 1.165) is 63.3 Å². The van der Waals surface area contributed by atoms with Crippen LogP contribution in [0.4, 0.5) is 4.79 Å². The third-order valence-electron chi connectivity index (χ3n) is 5.50. The Balaban J connectivity index is 1.50. The zero-order valence-corrected chi connectivity index (χ0v) is 14.6. The summed E-state index contributed by atoms with van der Waals surface area (Å²) < 4.78 is 2.23. The molecule has 25 heavy (non-hydrogen) atoms. The number of carbonyl (C=O) groups is 2. The van der Waals surface area contributed by atoms with E-state index in [0.29, 0.717) is 13.1 Å². The summed E-state index contributed by atoms with van der Waals surface area (Å²) in [6.07, 6.45) is 7.30. The van der Waals surface area contributed by atoms with Gasteiger partial charge in [-0.15, -0.1) is 10.2 Å². The normalized spacial score (nSPS) is 24.0. The average Bonchev–Trinajstić information content (AvgIpc) is 3.18. The lowest BCUT2D eigenvalue weighted by Crippen LogP contribution is -2.50. The molecule has 8 heteroatoms. The molecule has 1 atom stereocenters. The van der Waals surface area contributed by atoms with Gasteiger partial charge in [-0.1, -0.05) is 6.42 Å². The molecule has 1 aromatic rings. The first kappa shape index (κ1) is 16.4. The molecule has 0 saturated carbocycles. The SMILES string of the molecule is O=C1NCCCN1CC(=O)N1CCC[C@@H]1c1nnc2n1CCCCC2. The third kappa shape index (κ3) is 3.21. The minimum atomic E-state index is -0.133.